The van der Waals surface area contributed by atoms with E-state index < -0.39 is 25.2 Å². The molecule has 0 spiro atoms. The quantitative estimate of drug-likeness (QED) is 0.117. The Labute approximate surface area is 255 Å². The molecule has 2 aromatic rings. The molecule has 1 aliphatic rings. The second kappa shape index (κ2) is 15.4. The van der Waals surface area contributed by atoms with Gasteiger partial charge in [-0.1, -0.05) is 73.9 Å². The van der Waals surface area contributed by atoms with Crippen molar-refractivity contribution in [2.24, 2.45) is 5.92 Å². The van der Waals surface area contributed by atoms with Crippen LogP contribution in [0.5, 0.6) is 11.5 Å². The zero-order valence-electron chi connectivity index (χ0n) is 26.0. The van der Waals surface area contributed by atoms with Gasteiger partial charge in [-0.25, -0.2) is 9.36 Å². The summed E-state index contributed by atoms with van der Waals surface area (Å²) in [5, 5.41) is 21.6. The minimum absolute atomic E-state index is 0.0248. The Kier molecular flexibility index (Phi) is 12.2. The predicted molar refractivity (Wildman–Crippen MR) is 170 cm³/mol. The topological polar surface area (TPSA) is 113 Å². The van der Waals surface area contributed by atoms with Gasteiger partial charge in [0.2, 0.25) is 0 Å². The number of allylic oxidation sites excluding steroid dienone is 3. The summed E-state index contributed by atoms with van der Waals surface area (Å²) in [5.41, 5.74) is 2.74. The molecule has 1 aliphatic carbocycles. The van der Waals surface area contributed by atoms with Gasteiger partial charge < -0.3 is 19.5 Å². The van der Waals surface area contributed by atoms with Crippen LogP contribution in [0.25, 0.3) is 0 Å². The highest BCUT2D eigenvalue weighted by molar-refractivity contribution is 7.73. The highest BCUT2D eigenvalue weighted by Gasteiger charge is 2.48. The number of hydrogen-bond donors (Lipinski definition) is 2. The number of phenols is 1. The Bertz CT molecular complexity index is 1370. The van der Waals surface area contributed by atoms with Gasteiger partial charge in [-0.15, -0.1) is 0 Å². The highest BCUT2D eigenvalue weighted by Crippen LogP contribution is 2.57. The average Bonchev–Trinajstić information content (AvgIpc) is 2.96. The second-order valence-corrected chi connectivity index (χ2v) is 13.5. The van der Waals surface area contributed by atoms with Crippen molar-refractivity contribution >= 4 is 19.2 Å². The van der Waals surface area contributed by atoms with Crippen molar-refractivity contribution in [3.63, 3.8) is 0 Å². The lowest BCUT2D eigenvalue weighted by Crippen LogP contribution is -2.39. The van der Waals surface area contributed by atoms with Crippen LogP contribution in [0, 0.1) is 5.92 Å². The molecule has 0 radical (unpaired) electrons. The molecule has 8 nitrogen and oxygen atoms in total. The number of carbonyl (C=O) groups excluding carboxylic acids is 1. The number of carboxylic acids is 1. The van der Waals surface area contributed by atoms with Gasteiger partial charge in [-0.3, -0.25) is 4.79 Å². The van der Waals surface area contributed by atoms with E-state index in [2.05, 4.69) is 19.6 Å². The van der Waals surface area contributed by atoms with Crippen molar-refractivity contribution in [1.29, 1.82) is 0 Å². The van der Waals surface area contributed by atoms with Crippen molar-refractivity contribution in [2.45, 2.75) is 91.6 Å². The SMILES string of the molecule is C=C(C)[C@@H]1CCC(C)=C[C@H]1c1c(O)cc(CCCCC)cc1OP(=O)(C(=O)OCC)N(Cc1ccccc1)C(C)C(=O)O. The first-order valence-electron chi connectivity index (χ1n) is 15.1. The third-order valence-corrected chi connectivity index (χ3v) is 10.2. The van der Waals surface area contributed by atoms with E-state index in [0.29, 0.717) is 17.5 Å². The van der Waals surface area contributed by atoms with E-state index in [0.717, 1.165) is 53.5 Å². The molecule has 4 atom stereocenters. The zero-order valence-corrected chi connectivity index (χ0v) is 26.9. The van der Waals surface area contributed by atoms with Crippen LogP contribution in [0.4, 0.5) is 4.79 Å². The number of aliphatic carboxylic acids is 1. The Morgan fingerprint density at radius 3 is 2.44 bits per heavy atom. The second-order valence-electron chi connectivity index (χ2n) is 11.4. The minimum atomic E-state index is -4.71. The van der Waals surface area contributed by atoms with E-state index in [9.17, 15) is 24.4 Å². The van der Waals surface area contributed by atoms with Crippen LogP contribution in [0.3, 0.4) is 0 Å². The summed E-state index contributed by atoms with van der Waals surface area (Å²) in [6.07, 6.45) is 7.27. The number of ether oxygens (including phenoxy) is 1. The Hall–Kier alpha value is -3.35. The maximum Gasteiger partial charge on any atom is 0.427 e. The largest absolute Gasteiger partial charge is 0.507 e. The number of carboxylic acid groups (broad SMARTS) is 1. The number of aromatic hydroxyl groups is 1. The van der Waals surface area contributed by atoms with Gasteiger partial charge in [0.15, 0.2) is 0 Å². The molecule has 0 fully saturated rings. The smallest absolute Gasteiger partial charge is 0.427 e. The molecule has 2 aromatic carbocycles. The van der Waals surface area contributed by atoms with Crippen LogP contribution in [0.1, 0.15) is 89.3 Å². The summed E-state index contributed by atoms with van der Waals surface area (Å²) in [4.78, 5) is 25.9. The van der Waals surface area contributed by atoms with Gasteiger partial charge in [0, 0.05) is 18.0 Å². The van der Waals surface area contributed by atoms with Crippen molar-refractivity contribution < 1.29 is 33.6 Å². The lowest BCUT2D eigenvalue weighted by molar-refractivity contribution is -0.141. The maximum atomic E-state index is 15.0. The summed E-state index contributed by atoms with van der Waals surface area (Å²) in [6, 6.07) is 11.0. The number of carbonyl (C=O) groups is 2. The molecule has 0 aromatic heterocycles. The van der Waals surface area contributed by atoms with E-state index in [4.69, 9.17) is 9.26 Å². The molecule has 43 heavy (non-hydrogen) atoms. The molecule has 2 N–H and O–H groups in total. The zero-order chi connectivity index (χ0) is 31.7. The van der Waals surface area contributed by atoms with E-state index in [1.165, 1.54) is 6.92 Å². The van der Waals surface area contributed by atoms with Crippen LogP contribution in [0.15, 0.2) is 66.3 Å². The molecular weight excluding hydrogens is 565 g/mol. The number of nitrogens with zero attached hydrogens (tertiary/aromatic N) is 1. The van der Waals surface area contributed by atoms with Gasteiger partial charge in [0.25, 0.3) is 0 Å². The number of phenolic OH excluding ortho intramolecular Hbond substituents is 1. The van der Waals surface area contributed by atoms with E-state index in [-0.39, 0.29) is 36.5 Å². The standard InChI is InChI=1S/C34H46NO7P/c1-7-9-11-16-27-20-30(36)32(29-19-24(5)17-18-28(29)23(3)4)31(21-27)42-43(40,34(39)41-8-2)35(25(6)33(37)38)22-26-14-12-10-13-15-26/h10,12-15,19-21,25,28-29,36H,3,7-9,11,16-18,22H2,1-2,4-6H3,(H,37,38)/t25?,28-,29+,43?/m0/s1. The maximum absolute atomic E-state index is 15.0. The van der Waals surface area contributed by atoms with Crippen LogP contribution in [-0.4, -0.2) is 39.2 Å². The van der Waals surface area contributed by atoms with Crippen LogP contribution >= 0.6 is 7.52 Å². The number of unbranched alkanes of at least 4 members (excludes halogenated alkanes) is 2. The third-order valence-electron chi connectivity index (χ3n) is 8.01. The Morgan fingerprint density at radius 2 is 1.84 bits per heavy atom. The van der Waals surface area contributed by atoms with Gasteiger partial charge >= 0.3 is 19.2 Å². The fourth-order valence-corrected chi connectivity index (χ4v) is 7.60. The van der Waals surface area contributed by atoms with Crippen molar-refractivity contribution in [2.75, 3.05) is 6.61 Å². The van der Waals surface area contributed by atoms with E-state index >= 15 is 0 Å². The third kappa shape index (κ3) is 8.39. The average molecular weight is 612 g/mol. The molecule has 0 aliphatic heterocycles. The number of hydrogen-bond acceptors (Lipinski definition) is 6. The number of benzene rings is 2. The highest BCUT2D eigenvalue weighted by atomic mass is 31.2. The molecule has 0 bridgehead atoms. The molecule has 234 valence electrons. The van der Waals surface area contributed by atoms with Crippen molar-refractivity contribution in [1.82, 2.24) is 4.67 Å². The summed E-state index contributed by atoms with van der Waals surface area (Å²) < 4.78 is 27.6. The van der Waals surface area contributed by atoms with E-state index in [1.54, 1.807) is 43.3 Å². The number of aryl methyl sites for hydroxylation is 1. The molecule has 0 amide bonds. The first kappa shape index (κ1) is 34.1. The summed E-state index contributed by atoms with van der Waals surface area (Å²) in [6.45, 7) is 13.0. The predicted octanol–water partition coefficient (Wildman–Crippen LogP) is 8.84. The lowest BCUT2D eigenvalue weighted by atomic mass is 9.73. The fraction of sp³-hybridized carbons (Fsp3) is 0.471. The summed E-state index contributed by atoms with van der Waals surface area (Å²) >= 11 is 0. The first-order chi connectivity index (χ1) is 20.4. The van der Waals surface area contributed by atoms with Crippen molar-refractivity contribution in [3.8, 4) is 11.5 Å². The molecule has 0 heterocycles. The number of rotatable bonds is 15. The molecule has 2 unspecified atom stereocenters. The van der Waals surface area contributed by atoms with Crippen LogP contribution in [0.2, 0.25) is 0 Å². The lowest BCUT2D eigenvalue weighted by Gasteiger charge is -2.35. The van der Waals surface area contributed by atoms with Gasteiger partial charge in [0.05, 0.1) is 6.61 Å². The minimum Gasteiger partial charge on any atom is -0.507 e. The molecule has 0 saturated carbocycles. The van der Waals surface area contributed by atoms with Gasteiger partial charge in [-0.05, 0) is 82.6 Å². The summed E-state index contributed by atoms with van der Waals surface area (Å²) in [5.74, 6) is -1.58. The Balaban J connectivity index is 2.26. The normalized spacial score (nSPS) is 18.8. The monoisotopic (exact) mass is 611 g/mol. The molecular formula is C34H46NO7P. The summed E-state index contributed by atoms with van der Waals surface area (Å²) in [7, 11) is -4.71. The first-order valence-corrected chi connectivity index (χ1v) is 16.7. The van der Waals surface area contributed by atoms with Crippen LogP contribution < -0.4 is 4.52 Å². The Morgan fingerprint density at radius 1 is 1.14 bits per heavy atom. The van der Waals surface area contributed by atoms with Crippen LogP contribution in [-0.2, 0) is 27.1 Å². The van der Waals surface area contributed by atoms with E-state index in [1.807, 2.05) is 19.9 Å². The van der Waals surface area contributed by atoms with Gasteiger partial charge in [0.1, 0.15) is 17.5 Å². The molecule has 0 saturated heterocycles. The van der Waals surface area contributed by atoms with Crippen molar-refractivity contribution in [3.05, 3.63) is 83.0 Å². The van der Waals surface area contributed by atoms with Gasteiger partial charge in [-0.2, -0.15) is 4.67 Å². The molecule has 3 rings (SSSR count). The molecule has 9 heteroatoms. The fourth-order valence-electron chi connectivity index (χ4n) is 5.60.